The van der Waals surface area contributed by atoms with Crippen LogP contribution in [0.15, 0.2) is 28.2 Å². The minimum Gasteiger partial charge on any atom is -0.342 e. The summed E-state index contributed by atoms with van der Waals surface area (Å²) in [6, 6.07) is 5.40. The van der Waals surface area contributed by atoms with Gasteiger partial charge in [-0.1, -0.05) is 42.6 Å². The molecule has 2 fully saturated rings. The average Bonchev–Trinajstić information content (AvgIpc) is 3.21. The summed E-state index contributed by atoms with van der Waals surface area (Å²) in [7, 11) is 0. The Morgan fingerprint density at radius 3 is 2.63 bits per heavy atom. The standard InChI is InChI=1S/C20H24ClN3O2S/c21-14-8-9-16-17(12-14)22-20(27-13-18(25)23-10-4-5-11-23)24(19(16)26)15-6-2-1-3-7-15/h8-9,12,15H,1-7,10-11,13H2. The first-order chi connectivity index (χ1) is 13.1. The van der Waals surface area contributed by atoms with Crippen LogP contribution in [0.5, 0.6) is 0 Å². The van der Waals surface area contributed by atoms with Crippen LogP contribution in [0, 0.1) is 0 Å². The second-order valence-corrected chi connectivity index (χ2v) is 8.78. The van der Waals surface area contributed by atoms with Crippen LogP contribution in [0.2, 0.25) is 5.02 Å². The van der Waals surface area contributed by atoms with Gasteiger partial charge >= 0.3 is 0 Å². The number of aromatic nitrogens is 2. The van der Waals surface area contributed by atoms with E-state index in [4.69, 9.17) is 16.6 Å². The first-order valence-electron chi connectivity index (χ1n) is 9.76. The van der Waals surface area contributed by atoms with Crippen LogP contribution in [0.25, 0.3) is 10.9 Å². The minimum atomic E-state index is -0.0142. The summed E-state index contributed by atoms with van der Waals surface area (Å²) in [5, 5.41) is 1.81. The van der Waals surface area contributed by atoms with Crippen molar-refractivity contribution in [1.29, 1.82) is 0 Å². The minimum absolute atomic E-state index is 0.0142. The monoisotopic (exact) mass is 405 g/mol. The van der Waals surface area contributed by atoms with Gasteiger partial charge < -0.3 is 4.90 Å². The van der Waals surface area contributed by atoms with Crippen molar-refractivity contribution < 1.29 is 4.79 Å². The second kappa shape index (κ2) is 8.23. The first kappa shape index (κ1) is 18.8. The van der Waals surface area contributed by atoms with Crippen molar-refractivity contribution in [2.45, 2.75) is 56.1 Å². The number of halogens is 1. The van der Waals surface area contributed by atoms with Gasteiger partial charge in [0.1, 0.15) is 0 Å². The van der Waals surface area contributed by atoms with E-state index in [9.17, 15) is 9.59 Å². The van der Waals surface area contributed by atoms with Gasteiger partial charge in [0, 0.05) is 24.2 Å². The lowest BCUT2D eigenvalue weighted by molar-refractivity contribution is -0.127. The number of fused-ring (bicyclic) bond motifs is 1. The molecule has 0 spiro atoms. The molecule has 0 N–H and O–H groups in total. The number of carbonyl (C=O) groups is 1. The third kappa shape index (κ3) is 4.02. The molecular formula is C20H24ClN3O2S. The second-order valence-electron chi connectivity index (χ2n) is 7.40. The molecule has 0 atom stereocenters. The lowest BCUT2D eigenvalue weighted by Crippen LogP contribution is -2.31. The van der Waals surface area contributed by atoms with E-state index >= 15 is 0 Å². The van der Waals surface area contributed by atoms with Crippen LogP contribution in [-0.4, -0.2) is 39.2 Å². The molecule has 1 aliphatic carbocycles. The molecule has 7 heteroatoms. The summed E-state index contributed by atoms with van der Waals surface area (Å²) < 4.78 is 1.84. The molecule has 0 radical (unpaired) electrons. The third-order valence-corrected chi connectivity index (χ3v) is 6.73. The first-order valence-corrected chi connectivity index (χ1v) is 11.1. The summed E-state index contributed by atoms with van der Waals surface area (Å²) in [6.07, 6.45) is 7.63. The Bertz CT molecular complexity index is 902. The predicted octanol–water partition coefficient (Wildman–Crippen LogP) is 4.27. The van der Waals surface area contributed by atoms with E-state index in [0.717, 1.165) is 51.6 Å². The molecule has 1 aliphatic heterocycles. The van der Waals surface area contributed by atoms with Crippen molar-refractivity contribution in [3.05, 3.63) is 33.6 Å². The molecule has 1 aromatic heterocycles. The lowest BCUT2D eigenvalue weighted by atomic mass is 9.95. The summed E-state index contributed by atoms with van der Waals surface area (Å²) in [6.45, 7) is 1.69. The Labute approximate surface area is 168 Å². The van der Waals surface area contributed by atoms with Crippen molar-refractivity contribution >= 4 is 40.2 Å². The SMILES string of the molecule is O=C(CSc1nc2cc(Cl)ccc2c(=O)n1C1CCCCC1)N1CCCC1. The number of amides is 1. The zero-order chi connectivity index (χ0) is 18.8. The highest BCUT2D eigenvalue weighted by molar-refractivity contribution is 7.99. The number of hydrogen-bond donors (Lipinski definition) is 0. The molecule has 144 valence electrons. The molecule has 2 aliphatic rings. The molecule has 1 saturated heterocycles. The van der Waals surface area contributed by atoms with Gasteiger partial charge in [-0.3, -0.25) is 14.2 Å². The third-order valence-electron chi connectivity index (χ3n) is 5.55. The van der Waals surface area contributed by atoms with Crippen molar-refractivity contribution in [1.82, 2.24) is 14.5 Å². The normalized spacial score (nSPS) is 18.3. The maximum Gasteiger partial charge on any atom is 0.262 e. The average molecular weight is 406 g/mol. The fourth-order valence-electron chi connectivity index (χ4n) is 4.10. The van der Waals surface area contributed by atoms with Crippen LogP contribution in [0.1, 0.15) is 51.0 Å². The largest absolute Gasteiger partial charge is 0.342 e. The van der Waals surface area contributed by atoms with Crippen LogP contribution in [0.3, 0.4) is 0 Å². The highest BCUT2D eigenvalue weighted by Crippen LogP contribution is 2.31. The summed E-state index contributed by atoms with van der Waals surface area (Å²) >= 11 is 7.50. The number of rotatable bonds is 4. The molecule has 2 aromatic rings. The summed E-state index contributed by atoms with van der Waals surface area (Å²) in [4.78, 5) is 32.4. The highest BCUT2D eigenvalue weighted by atomic mass is 35.5. The lowest BCUT2D eigenvalue weighted by Gasteiger charge is -2.26. The number of carbonyl (C=O) groups excluding carboxylic acids is 1. The Morgan fingerprint density at radius 2 is 1.89 bits per heavy atom. The number of thioether (sulfide) groups is 1. The van der Waals surface area contributed by atoms with E-state index in [-0.39, 0.29) is 17.5 Å². The van der Waals surface area contributed by atoms with E-state index in [1.54, 1.807) is 18.2 Å². The molecule has 1 amide bonds. The van der Waals surface area contributed by atoms with E-state index in [1.807, 2.05) is 9.47 Å². The van der Waals surface area contributed by atoms with Crippen molar-refractivity contribution in [3.63, 3.8) is 0 Å². The molecule has 1 saturated carbocycles. The van der Waals surface area contributed by atoms with Gasteiger partial charge in [0.25, 0.3) is 5.56 Å². The van der Waals surface area contributed by atoms with Crippen molar-refractivity contribution in [2.75, 3.05) is 18.8 Å². The molecule has 27 heavy (non-hydrogen) atoms. The quantitative estimate of drug-likeness (QED) is 0.563. The fraction of sp³-hybridized carbons (Fsp3) is 0.550. The molecule has 2 heterocycles. The van der Waals surface area contributed by atoms with Gasteiger partial charge in [-0.25, -0.2) is 4.98 Å². The van der Waals surface area contributed by atoms with Gasteiger partial charge in [0.2, 0.25) is 5.91 Å². The zero-order valence-electron chi connectivity index (χ0n) is 15.3. The Hall–Kier alpha value is -1.53. The fourth-order valence-corrected chi connectivity index (χ4v) is 5.23. The van der Waals surface area contributed by atoms with Crippen LogP contribution >= 0.6 is 23.4 Å². The number of likely N-dealkylation sites (tertiary alicyclic amines) is 1. The van der Waals surface area contributed by atoms with Gasteiger partial charge in [0.15, 0.2) is 5.16 Å². The Kier molecular flexibility index (Phi) is 5.74. The summed E-state index contributed by atoms with van der Waals surface area (Å²) in [5.74, 6) is 0.457. The molecular weight excluding hydrogens is 382 g/mol. The number of benzene rings is 1. The zero-order valence-corrected chi connectivity index (χ0v) is 16.9. The molecule has 4 rings (SSSR count). The molecule has 1 aromatic carbocycles. The van der Waals surface area contributed by atoms with Gasteiger partial charge in [-0.2, -0.15) is 0 Å². The molecule has 0 unspecified atom stereocenters. The van der Waals surface area contributed by atoms with E-state index < -0.39 is 0 Å². The number of hydrogen-bond acceptors (Lipinski definition) is 4. The smallest absolute Gasteiger partial charge is 0.262 e. The molecule has 0 bridgehead atoms. The number of nitrogens with zero attached hydrogens (tertiary/aromatic N) is 3. The van der Waals surface area contributed by atoms with Crippen molar-refractivity contribution in [3.8, 4) is 0 Å². The Morgan fingerprint density at radius 1 is 1.15 bits per heavy atom. The van der Waals surface area contributed by atoms with Gasteiger partial charge in [0.05, 0.1) is 16.7 Å². The predicted molar refractivity (Wildman–Crippen MR) is 110 cm³/mol. The maximum atomic E-state index is 13.2. The van der Waals surface area contributed by atoms with Crippen LogP contribution in [-0.2, 0) is 4.79 Å². The Balaban J connectivity index is 1.69. The van der Waals surface area contributed by atoms with Gasteiger partial charge in [-0.05, 0) is 43.9 Å². The highest BCUT2D eigenvalue weighted by Gasteiger charge is 2.24. The molecule has 5 nitrogen and oxygen atoms in total. The topological polar surface area (TPSA) is 55.2 Å². The van der Waals surface area contributed by atoms with Crippen molar-refractivity contribution in [2.24, 2.45) is 0 Å². The van der Waals surface area contributed by atoms with E-state index in [1.165, 1.54) is 18.2 Å². The van der Waals surface area contributed by atoms with Crippen LogP contribution in [0.4, 0.5) is 0 Å². The van der Waals surface area contributed by atoms with Crippen LogP contribution < -0.4 is 5.56 Å². The van der Waals surface area contributed by atoms with E-state index in [0.29, 0.717) is 26.8 Å². The maximum absolute atomic E-state index is 13.2. The van der Waals surface area contributed by atoms with E-state index in [2.05, 4.69) is 0 Å². The van der Waals surface area contributed by atoms with Gasteiger partial charge in [-0.15, -0.1) is 0 Å². The summed E-state index contributed by atoms with van der Waals surface area (Å²) in [5.41, 5.74) is 0.593.